The third-order valence-electron chi connectivity index (χ3n) is 7.08. The number of nitrogens with zero attached hydrogens (tertiary/aromatic N) is 4. The van der Waals surface area contributed by atoms with E-state index >= 15 is 0 Å². The maximum atomic E-state index is 6.24. The third-order valence-corrected chi connectivity index (χ3v) is 7.51. The highest BCUT2D eigenvalue weighted by Crippen LogP contribution is 2.37. The minimum absolute atomic E-state index is 0.0887. The van der Waals surface area contributed by atoms with Crippen LogP contribution in [0.5, 0.6) is 0 Å². The van der Waals surface area contributed by atoms with Gasteiger partial charge < -0.3 is 21.1 Å². The molecular weight excluding hydrogens is 473 g/mol. The molecule has 1 aliphatic heterocycles. The van der Waals surface area contributed by atoms with Crippen LogP contribution in [-0.4, -0.2) is 44.8 Å². The van der Waals surface area contributed by atoms with E-state index in [0.717, 1.165) is 75.1 Å². The van der Waals surface area contributed by atoms with Gasteiger partial charge in [0, 0.05) is 40.5 Å². The standard InChI is InChI=1S/C24H31Cl2N7O/c1-24(6-8-34-9-7-24)32-22-28-14-20-21(31-22)33(19-4-2-15(13-27)3-5-19)23(30-20)29-18-11-16(25)10-17(26)12-18/h10-12,14-15,19H,2-9,13,27H2,1H3,(H,29,30)(H,28,31,32)/t15-,19-. The van der Waals surface area contributed by atoms with Crippen LogP contribution in [0.2, 0.25) is 10.0 Å². The summed E-state index contributed by atoms with van der Waals surface area (Å²) in [5, 5.41) is 8.12. The van der Waals surface area contributed by atoms with Gasteiger partial charge in [-0.15, -0.1) is 0 Å². The number of ether oxygens (including phenoxy) is 1. The fourth-order valence-corrected chi connectivity index (χ4v) is 5.52. The maximum Gasteiger partial charge on any atom is 0.225 e. The highest BCUT2D eigenvalue weighted by molar-refractivity contribution is 6.35. The van der Waals surface area contributed by atoms with Crippen molar-refractivity contribution >= 4 is 51.9 Å². The molecule has 0 spiro atoms. The zero-order valence-corrected chi connectivity index (χ0v) is 20.9. The molecule has 8 nitrogen and oxygen atoms in total. The summed E-state index contributed by atoms with van der Waals surface area (Å²) in [6, 6.07) is 5.66. The van der Waals surface area contributed by atoms with E-state index in [1.165, 1.54) is 0 Å². The molecule has 34 heavy (non-hydrogen) atoms. The molecule has 10 heteroatoms. The molecule has 1 saturated heterocycles. The van der Waals surface area contributed by atoms with Crippen molar-refractivity contribution in [2.75, 3.05) is 30.4 Å². The molecule has 3 aromatic rings. The highest BCUT2D eigenvalue weighted by atomic mass is 35.5. The first-order valence-corrected chi connectivity index (χ1v) is 12.7. The second-order valence-corrected chi connectivity index (χ2v) is 10.6. The molecule has 0 radical (unpaired) electrons. The Hall–Kier alpha value is -2.13. The molecule has 0 atom stereocenters. The Balaban J connectivity index is 1.52. The second kappa shape index (κ2) is 9.85. The van der Waals surface area contributed by atoms with Crippen LogP contribution in [0.3, 0.4) is 0 Å². The highest BCUT2D eigenvalue weighted by Gasteiger charge is 2.30. The Morgan fingerprint density at radius 1 is 1.09 bits per heavy atom. The number of nitrogens with two attached hydrogens (primary N) is 1. The lowest BCUT2D eigenvalue weighted by Gasteiger charge is -2.34. The number of hydrogen-bond acceptors (Lipinski definition) is 7. The minimum Gasteiger partial charge on any atom is -0.381 e. The predicted octanol–water partition coefficient (Wildman–Crippen LogP) is 5.55. The first kappa shape index (κ1) is 23.6. The van der Waals surface area contributed by atoms with Crippen molar-refractivity contribution < 1.29 is 4.74 Å². The number of halogens is 2. The Morgan fingerprint density at radius 3 is 2.47 bits per heavy atom. The number of aromatic nitrogens is 4. The van der Waals surface area contributed by atoms with Gasteiger partial charge in [0.2, 0.25) is 11.9 Å². The van der Waals surface area contributed by atoms with Crippen molar-refractivity contribution in [1.29, 1.82) is 0 Å². The van der Waals surface area contributed by atoms with Crippen molar-refractivity contribution in [3.8, 4) is 0 Å². The average Bonchev–Trinajstić information content (AvgIpc) is 3.15. The molecule has 4 N–H and O–H groups in total. The van der Waals surface area contributed by atoms with Crippen LogP contribution in [0.4, 0.5) is 17.6 Å². The summed E-state index contributed by atoms with van der Waals surface area (Å²) in [4.78, 5) is 14.4. The van der Waals surface area contributed by atoms with Crippen molar-refractivity contribution in [1.82, 2.24) is 19.5 Å². The maximum absolute atomic E-state index is 6.24. The van der Waals surface area contributed by atoms with E-state index in [9.17, 15) is 0 Å². The molecule has 2 aliphatic rings. The molecule has 1 saturated carbocycles. The SMILES string of the molecule is CC1(Nc2ncc3nc(Nc4cc(Cl)cc(Cl)c4)n([C@H]4CC[C@H](CN)CC4)c3n2)CCOCC1. The Labute approximate surface area is 209 Å². The van der Waals surface area contributed by atoms with Crippen LogP contribution < -0.4 is 16.4 Å². The fourth-order valence-electron chi connectivity index (χ4n) is 5.00. The zero-order valence-electron chi connectivity index (χ0n) is 19.4. The molecule has 0 amide bonds. The lowest BCUT2D eigenvalue weighted by Crippen LogP contribution is -2.41. The monoisotopic (exact) mass is 503 g/mol. The number of rotatable bonds is 6. The van der Waals surface area contributed by atoms with E-state index in [2.05, 4.69) is 27.1 Å². The first-order valence-electron chi connectivity index (χ1n) is 12.0. The second-order valence-electron chi connectivity index (χ2n) is 9.70. The molecule has 2 fully saturated rings. The quantitative estimate of drug-likeness (QED) is 0.405. The van der Waals surface area contributed by atoms with Gasteiger partial charge in [0.15, 0.2) is 5.65 Å². The average molecular weight is 504 g/mol. The van der Waals surface area contributed by atoms with Crippen molar-refractivity contribution in [2.24, 2.45) is 11.7 Å². The summed E-state index contributed by atoms with van der Waals surface area (Å²) in [7, 11) is 0. The van der Waals surface area contributed by atoms with Crippen LogP contribution in [0.1, 0.15) is 51.5 Å². The van der Waals surface area contributed by atoms with Crippen LogP contribution in [0.25, 0.3) is 11.2 Å². The molecule has 2 aromatic heterocycles. The summed E-state index contributed by atoms with van der Waals surface area (Å²) in [5.41, 5.74) is 8.21. The summed E-state index contributed by atoms with van der Waals surface area (Å²) < 4.78 is 7.75. The van der Waals surface area contributed by atoms with Crippen LogP contribution in [-0.2, 0) is 4.74 Å². The zero-order chi connectivity index (χ0) is 23.7. The molecular formula is C24H31Cl2N7O. The van der Waals surface area contributed by atoms with Crippen molar-refractivity contribution in [2.45, 2.75) is 57.0 Å². The molecule has 182 valence electrons. The van der Waals surface area contributed by atoms with Crippen molar-refractivity contribution in [3.05, 3.63) is 34.4 Å². The largest absolute Gasteiger partial charge is 0.381 e. The lowest BCUT2D eigenvalue weighted by atomic mass is 9.86. The number of nitrogens with one attached hydrogen (secondary N) is 2. The first-order chi connectivity index (χ1) is 16.4. The van der Waals surface area contributed by atoms with Gasteiger partial charge in [-0.25, -0.2) is 9.97 Å². The van der Waals surface area contributed by atoms with E-state index in [4.69, 9.17) is 43.6 Å². The molecule has 0 unspecified atom stereocenters. The summed E-state index contributed by atoms with van der Waals surface area (Å²) in [6.45, 7) is 4.42. The van der Waals surface area contributed by atoms with Gasteiger partial charge in [-0.2, -0.15) is 4.98 Å². The summed E-state index contributed by atoms with van der Waals surface area (Å²) in [6.07, 6.45) is 7.87. The predicted molar refractivity (Wildman–Crippen MR) is 137 cm³/mol. The Kier molecular flexibility index (Phi) is 6.84. The fraction of sp³-hybridized carbons (Fsp3) is 0.542. The van der Waals surface area contributed by atoms with Gasteiger partial charge in [0.1, 0.15) is 5.52 Å². The normalized spacial score (nSPS) is 22.6. The van der Waals surface area contributed by atoms with Gasteiger partial charge in [0.25, 0.3) is 0 Å². The number of imidazole rings is 1. The van der Waals surface area contributed by atoms with E-state index in [1.54, 1.807) is 12.3 Å². The van der Waals surface area contributed by atoms with E-state index in [0.29, 0.717) is 27.9 Å². The molecule has 5 rings (SSSR count). The van der Waals surface area contributed by atoms with Gasteiger partial charge in [-0.1, -0.05) is 23.2 Å². The van der Waals surface area contributed by atoms with E-state index in [-0.39, 0.29) is 11.6 Å². The van der Waals surface area contributed by atoms with Gasteiger partial charge in [0.05, 0.1) is 6.20 Å². The topological polar surface area (TPSA) is 103 Å². The van der Waals surface area contributed by atoms with Gasteiger partial charge >= 0.3 is 0 Å². The number of fused-ring (bicyclic) bond motifs is 1. The van der Waals surface area contributed by atoms with Gasteiger partial charge in [-0.05, 0) is 76.1 Å². The number of benzene rings is 1. The number of hydrogen-bond donors (Lipinski definition) is 3. The van der Waals surface area contributed by atoms with Crippen LogP contribution in [0, 0.1) is 5.92 Å². The smallest absolute Gasteiger partial charge is 0.225 e. The van der Waals surface area contributed by atoms with Crippen molar-refractivity contribution in [3.63, 3.8) is 0 Å². The minimum atomic E-state index is -0.0887. The van der Waals surface area contributed by atoms with Crippen LogP contribution >= 0.6 is 23.2 Å². The molecule has 0 bridgehead atoms. The number of anilines is 3. The van der Waals surface area contributed by atoms with E-state index < -0.39 is 0 Å². The van der Waals surface area contributed by atoms with Crippen LogP contribution in [0.15, 0.2) is 24.4 Å². The lowest BCUT2D eigenvalue weighted by molar-refractivity contribution is 0.0656. The third kappa shape index (κ3) is 5.10. The Bertz CT molecular complexity index is 1130. The Morgan fingerprint density at radius 2 is 1.79 bits per heavy atom. The summed E-state index contributed by atoms with van der Waals surface area (Å²) in [5.74, 6) is 1.91. The molecule has 1 aromatic carbocycles. The summed E-state index contributed by atoms with van der Waals surface area (Å²) >= 11 is 12.5. The molecule has 3 heterocycles. The van der Waals surface area contributed by atoms with E-state index in [1.807, 2.05) is 12.1 Å². The molecule has 1 aliphatic carbocycles. The van der Waals surface area contributed by atoms with Gasteiger partial charge in [-0.3, -0.25) is 4.57 Å².